The van der Waals surface area contributed by atoms with Gasteiger partial charge in [0.05, 0.1) is 17.7 Å². The Morgan fingerprint density at radius 2 is 1.67 bits per heavy atom. The molecule has 5 nitrogen and oxygen atoms in total. The van der Waals surface area contributed by atoms with Crippen molar-refractivity contribution in [1.29, 1.82) is 0 Å². The highest BCUT2D eigenvalue weighted by Crippen LogP contribution is 2.37. The van der Waals surface area contributed by atoms with Crippen LogP contribution in [0.1, 0.15) is 11.1 Å². The number of thioether (sulfide) groups is 1. The maximum Gasteiger partial charge on any atom is 0.270 e. The minimum absolute atomic E-state index is 0.134. The van der Waals surface area contributed by atoms with Crippen LogP contribution in [0.3, 0.4) is 0 Å². The molecule has 1 aliphatic rings. The van der Waals surface area contributed by atoms with Crippen molar-refractivity contribution in [1.82, 2.24) is 0 Å². The lowest BCUT2D eigenvalue weighted by molar-refractivity contribution is -0.113. The number of ether oxygens (including phenoxy) is 3. The molecule has 3 aromatic carbocycles. The van der Waals surface area contributed by atoms with Gasteiger partial charge in [-0.15, -0.1) is 0 Å². The summed E-state index contributed by atoms with van der Waals surface area (Å²) < 4.78 is 17.4. The Labute approximate surface area is 203 Å². The van der Waals surface area contributed by atoms with E-state index in [1.165, 1.54) is 11.8 Å². The molecule has 4 rings (SSSR count). The van der Waals surface area contributed by atoms with Crippen molar-refractivity contribution in [2.45, 2.75) is 6.92 Å². The van der Waals surface area contributed by atoms with Gasteiger partial charge in [-0.25, -0.2) is 0 Å². The van der Waals surface area contributed by atoms with Gasteiger partial charge in [0.15, 0.2) is 4.32 Å². The van der Waals surface area contributed by atoms with E-state index < -0.39 is 0 Å². The number of thiocarbonyl (C=S) groups is 1. The first-order chi connectivity index (χ1) is 16.0. The summed E-state index contributed by atoms with van der Waals surface area (Å²) in [4.78, 5) is 15.2. The monoisotopic (exact) mass is 477 g/mol. The zero-order valence-electron chi connectivity index (χ0n) is 18.3. The van der Waals surface area contributed by atoms with E-state index in [9.17, 15) is 4.79 Å². The predicted molar refractivity (Wildman–Crippen MR) is 137 cm³/mol. The van der Waals surface area contributed by atoms with E-state index in [-0.39, 0.29) is 5.91 Å². The molecule has 7 heteroatoms. The Balaban J connectivity index is 1.43. The predicted octanol–water partition coefficient (Wildman–Crippen LogP) is 5.87. The standard InChI is InChI=1S/C26H23NO4S2/c1-18-10-12-20(13-11-18)27-25(28)24(33-26(27)32)16-19-6-3-4-9-23(19)31-15-14-30-22-8-5-7-21(17-22)29-2/h3-13,16-17H,14-15H2,1-2H3/b24-16-. The zero-order chi connectivity index (χ0) is 23.2. The molecule has 0 spiro atoms. The first kappa shape index (κ1) is 22.9. The smallest absolute Gasteiger partial charge is 0.270 e. The molecule has 1 heterocycles. The van der Waals surface area contributed by atoms with Crippen molar-refractivity contribution in [3.63, 3.8) is 0 Å². The highest BCUT2D eigenvalue weighted by atomic mass is 32.2. The molecule has 0 aliphatic carbocycles. The highest BCUT2D eigenvalue weighted by Gasteiger charge is 2.33. The van der Waals surface area contributed by atoms with Crippen LogP contribution in [0.2, 0.25) is 0 Å². The number of hydrogen-bond donors (Lipinski definition) is 0. The molecule has 168 valence electrons. The Kier molecular flexibility index (Phi) is 7.32. The number of aryl methyl sites for hydroxylation is 1. The number of anilines is 1. The average Bonchev–Trinajstić information content (AvgIpc) is 3.11. The van der Waals surface area contributed by atoms with Gasteiger partial charge >= 0.3 is 0 Å². The molecule has 0 radical (unpaired) electrons. The van der Waals surface area contributed by atoms with Gasteiger partial charge in [-0.05, 0) is 43.3 Å². The molecule has 0 aromatic heterocycles. The number of carbonyl (C=O) groups excluding carboxylic acids is 1. The molecule has 1 amide bonds. The lowest BCUT2D eigenvalue weighted by Crippen LogP contribution is -2.27. The molecule has 3 aromatic rings. The summed E-state index contributed by atoms with van der Waals surface area (Å²) in [7, 11) is 1.62. The van der Waals surface area contributed by atoms with Crippen LogP contribution < -0.4 is 19.1 Å². The summed E-state index contributed by atoms with van der Waals surface area (Å²) in [5, 5.41) is 0. The Bertz CT molecular complexity index is 1190. The lowest BCUT2D eigenvalue weighted by Gasteiger charge is -2.14. The number of methoxy groups -OCH3 is 1. The number of hydrogen-bond acceptors (Lipinski definition) is 6. The van der Waals surface area contributed by atoms with E-state index in [0.717, 1.165) is 22.6 Å². The zero-order valence-corrected chi connectivity index (χ0v) is 19.9. The quantitative estimate of drug-likeness (QED) is 0.230. The Hall–Kier alpha value is -3.29. The van der Waals surface area contributed by atoms with Crippen LogP contribution in [0.25, 0.3) is 6.08 Å². The maximum atomic E-state index is 13.1. The van der Waals surface area contributed by atoms with Crippen LogP contribution in [-0.4, -0.2) is 30.6 Å². The van der Waals surface area contributed by atoms with Crippen molar-refractivity contribution in [2.75, 3.05) is 25.2 Å². The molecule has 0 saturated carbocycles. The molecule has 0 bridgehead atoms. The summed E-state index contributed by atoms with van der Waals surface area (Å²) in [5.74, 6) is 1.99. The minimum Gasteiger partial charge on any atom is -0.497 e. The minimum atomic E-state index is -0.134. The summed E-state index contributed by atoms with van der Waals surface area (Å²) >= 11 is 6.77. The maximum absolute atomic E-state index is 13.1. The molecule has 0 N–H and O–H groups in total. The molecular formula is C26H23NO4S2. The SMILES string of the molecule is COc1cccc(OCCOc2ccccc2/C=C2\SC(=S)N(c3ccc(C)cc3)C2=O)c1. The van der Waals surface area contributed by atoms with Gasteiger partial charge in [0.1, 0.15) is 30.5 Å². The molecule has 1 fully saturated rings. The normalized spacial score (nSPS) is 14.6. The van der Waals surface area contributed by atoms with Crippen LogP contribution in [-0.2, 0) is 4.79 Å². The van der Waals surface area contributed by atoms with Gasteiger partial charge in [-0.3, -0.25) is 9.69 Å². The highest BCUT2D eigenvalue weighted by molar-refractivity contribution is 8.27. The number of benzene rings is 3. The van der Waals surface area contributed by atoms with Gasteiger partial charge in [0.25, 0.3) is 5.91 Å². The Morgan fingerprint density at radius 1 is 0.939 bits per heavy atom. The first-order valence-corrected chi connectivity index (χ1v) is 11.6. The third-order valence-electron chi connectivity index (χ3n) is 4.94. The van der Waals surface area contributed by atoms with E-state index in [0.29, 0.717) is 33.9 Å². The number of para-hydroxylation sites is 1. The molecule has 1 saturated heterocycles. The summed E-state index contributed by atoms with van der Waals surface area (Å²) in [6, 6.07) is 22.8. The molecule has 33 heavy (non-hydrogen) atoms. The number of rotatable bonds is 8. The lowest BCUT2D eigenvalue weighted by atomic mass is 10.1. The number of nitrogens with zero attached hydrogens (tertiary/aromatic N) is 1. The van der Waals surface area contributed by atoms with Crippen LogP contribution in [0.5, 0.6) is 17.2 Å². The summed E-state index contributed by atoms with van der Waals surface area (Å²) in [5.41, 5.74) is 2.70. The van der Waals surface area contributed by atoms with E-state index in [4.69, 9.17) is 26.4 Å². The fourth-order valence-corrected chi connectivity index (χ4v) is 4.55. The topological polar surface area (TPSA) is 48.0 Å². The summed E-state index contributed by atoms with van der Waals surface area (Å²) in [6.07, 6.45) is 1.83. The number of amides is 1. The van der Waals surface area contributed by atoms with Crippen LogP contribution in [0.15, 0.2) is 77.7 Å². The third-order valence-corrected chi connectivity index (χ3v) is 6.24. The van der Waals surface area contributed by atoms with E-state index in [1.54, 1.807) is 12.0 Å². The van der Waals surface area contributed by atoms with Gasteiger partial charge in [-0.1, -0.05) is 65.9 Å². The van der Waals surface area contributed by atoms with Gasteiger partial charge in [0, 0.05) is 11.6 Å². The first-order valence-electron chi connectivity index (χ1n) is 10.4. The fraction of sp³-hybridized carbons (Fsp3) is 0.154. The summed E-state index contributed by atoms with van der Waals surface area (Å²) in [6.45, 7) is 2.73. The molecule has 1 aliphatic heterocycles. The molecule has 0 unspecified atom stereocenters. The Morgan fingerprint density at radius 3 is 2.45 bits per heavy atom. The second kappa shape index (κ2) is 10.6. The third kappa shape index (κ3) is 5.56. The van der Waals surface area contributed by atoms with Crippen molar-refractivity contribution in [3.8, 4) is 17.2 Å². The number of carbonyl (C=O) groups is 1. The van der Waals surface area contributed by atoms with E-state index >= 15 is 0 Å². The van der Waals surface area contributed by atoms with E-state index in [1.807, 2.05) is 85.8 Å². The largest absolute Gasteiger partial charge is 0.497 e. The van der Waals surface area contributed by atoms with Crippen molar-refractivity contribution < 1.29 is 19.0 Å². The molecule has 0 atom stereocenters. The van der Waals surface area contributed by atoms with Gasteiger partial charge in [0.2, 0.25) is 0 Å². The van der Waals surface area contributed by atoms with Crippen LogP contribution in [0.4, 0.5) is 5.69 Å². The second-order valence-electron chi connectivity index (χ2n) is 7.27. The average molecular weight is 478 g/mol. The van der Waals surface area contributed by atoms with E-state index in [2.05, 4.69) is 0 Å². The fourth-order valence-electron chi connectivity index (χ4n) is 3.26. The van der Waals surface area contributed by atoms with Gasteiger partial charge in [-0.2, -0.15) is 0 Å². The van der Waals surface area contributed by atoms with Crippen molar-refractivity contribution in [2.24, 2.45) is 0 Å². The van der Waals surface area contributed by atoms with Crippen LogP contribution >= 0.6 is 24.0 Å². The van der Waals surface area contributed by atoms with Crippen molar-refractivity contribution in [3.05, 3.63) is 88.8 Å². The van der Waals surface area contributed by atoms with Gasteiger partial charge < -0.3 is 14.2 Å². The van der Waals surface area contributed by atoms with Crippen molar-refractivity contribution >= 4 is 46.0 Å². The van der Waals surface area contributed by atoms with Crippen LogP contribution in [0, 0.1) is 6.92 Å². The second-order valence-corrected chi connectivity index (χ2v) is 8.94. The molecular weight excluding hydrogens is 454 g/mol.